The van der Waals surface area contributed by atoms with Crippen LogP contribution >= 0.6 is 11.8 Å². The summed E-state index contributed by atoms with van der Waals surface area (Å²) in [7, 11) is 0. The molecule has 0 spiro atoms. The monoisotopic (exact) mass is 195 g/mol. The average Bonchev–Trinajstić information content (AvgIpc) is 2.15. The van der Waals surface area contributed by atoms with Gasteiger partial charge in [0.1, 0.15) is 5.03 Å². The molecule has 0 saturated carbocycles. The molecule has 0 amide bonds. The van der Waals surface area contributed by atoms with E-state index in [2.05, 4.69) is 4.98 Å². The van der Waals surface area contributed by atoms with Gasteiger partial charge in [0.25, 0.3) is 5.88 Å². The summed E-state index contributed by atoms with van der Waals surface area (Å²) in [6, 6.07) is 5.01. The van der Waals surface area contributed by atoms with Crippen LogP contribution in [0.5, 0.6) is 0 Å². The molecular formula is C7H5N3O2S. The Morgan fingerprint density at radius 3 is 3.15 bits per heavy atom. The Morgan fingerprint density at radius 1 is 1.77 bits per heavy atom. The van der Waals surface area contributed by atoms with E-state index in [1.165, 1.54) is 12.3 Å². The number of pyridine rings is 1. The summed E-state index contributed by atoms with van der Waals surface area (Å²) in [6.45, 7) is 0. The largest absolute Gasteiger partial charge is 0.264 e. The van der Waals surface area contributed by atoms with E-state index < -0.39 is 4.92 Å². The molecule has 6 heteroatoms. The lowest BCUT2D eigenvalue weighted by atomic mass is 10.3. The standard InChI is InChI=1S/C7H5N3O2S/c8-4-6-1-2-9-7(3-6)13-5-10(11)12/h1-3H,5H2. The zero-order chi connectivity index (χ0) is 9.68. The Labute approximate surface area is 78.5 Å². The molecule has 0 atom stereocenters. The summed E-state index contributed by atoms with van der Waals surface area (Å²) < 4.78 is 0. The second-order valence-corrected chi connectivity index (χ2v) is 3.07. The van der Waals surface area contributed by atoms with E-state index in [0.717, 1.165) is 11.8 Å². The fourth-order valence-electron chi connectivity index (χ4n) is 0.677. The minimum atomic E-state index is -0.439. The van der Waals surface area contributed by atoms with Gasteiger partial charge in [-0.2, -0.15) is 5.26 Å². The van der Waals surface area contributed by atoms with Crippen LogP contribution in [-0.4, -0.2) is 15.8 Å². The highest BCUT2D eigenvalue weighted by molar-refractivity contribution is 7.99. The van der Waals surface area contributed by atoms with Crippen LogP contribution in [0.15, 0.2) is 23.4 Å². The summed E-state index contributed by atoms with van der Waals surface area (Å²) in [4.78, 5) is 13.4. The van der Waals surface area contributed by atoms with Crippen molar-refractivity contribution in [1.82, 2.24) is 4.98 Å². The van der Waals surface area contributed by atoms with Crippen molar-refractivity contribution in [2.75, 3.05) is 5.88 Å². The molecule has 0 aliphatic rings. The molecule has 5 nitrogen and oxygen atoms in total. The molecule has 0 unspecified atom stereocenters. The van der Waals surface area contributed by atoms with Crippen molar-refractivity contribution in [3.63, 3.8) is 0 Å². The number of hydrogen-bond acceptors (Lipinski definition) is 5. The third-order valence-corrected chi connectivity index (χ3v) is 2.04. The second-order valence-electron chi connectivity index (χ2n) is 2.10. The Bertz CT molecular complexity index is 361. The maximum Gasteiger partial charge on any atom is 0.254 e. The van der Waals surface area contributed by atoms with E-state index in [4.69, 9.17) is 5.26 Å². The van der Waals surface area contributed by atoms with Gasteiger partial charge >= 0.3 is 0 Å². The predicted octanol–water partition coefficient (Wildman–Crippen LogP) is 1.28. The van der Waals surface area contributed by atoms with Crippen molar-refractivity contribution in [2.24, 2.45) is 0 Å². The summed E-state index contributed by atoms with van der Waals surface area (Å²) >= 11 is 0.997. The van der Waals surface area contributed by atoms with E-state index in [0.29, 0.717) is 10.6 Å². The van der Waals surface area contributed by atoms with Crippen molar-refractivity contribution in [3.8, 4) is 6.07 Å². The van der Waals surface area contributed by atoms with Crippen molar-refractivity contribution < 1.29 is 4.92 Å². The van der Waals surface area contributed by atoms with Gasteiger partial charge in [0.15, 0.2) is 0 Å². The summed E-state index contributed by atoms with van der Waals surface area (Å²) in [5.74, 6) is -0.234. The molecule has 1 heterocycles. The van der Waals surface area contributed by atoms with Crippen molar-refractivity contribution in [2.45, 2.75) is 5.03 Å². The number of nitriles is 1. The quantitative estimate of drug-likeness (QED) is 0.314. The summed E-state index contributed by atoms with van der Waals surface area (Å²) in [6.07, 6.45) is 1.46. The molecule has 0 aliphatic carbocycles. The molecular weight excluding hydrogens is 190 g/mol. The topological polar surface area (TPSA) is 79.8 Å². The first-order valence-corrected chi connectivity index (χ1v) is 4.31. The lowest BCUT2D eigenvalue weighted by molar-refractivity contribution is -0.456. The van der Waals surface area contributed by atoms with Crippen LogP contribution < -0.4 is 0 Å². The summed E-state index contributed by atoms with van der Waals surface area (Å²) in [5.41, 5.74) is 0.459. The van der Waals surface area contributed by atoms with E-state index in [1.807, 2.05) is 6.07 Å². The minimum Gasteiger partial charge on any atom is -0.264 e. The van der Waals surface area contributed by atoms with E-state index in [-0.39, 0.29) is 5.88 Å². The maximum absolute atomic E-state index is 10.0. The first-order valence-electron chi connectivity index (χ1n) is 3.33. The zero-order valence-electron chi connectivity index (χ0n) is 6.51. The molecule has 0 aromatic carbocycles. The number of nitro groups is 1. The lowest BCUT2D eigenvalue weighted by Gasteiger charge is -1.95. The molecule has 0 bridgehead atoms. The van der Waals surface area contributed by atoms with E-state index in [9.17, 15) is 10.1 Å². The van der Waals surface area contributed by atoms with Crippen LogP contribution in [0.3, 0.4) is 0 Å². The van der Waals surface area contributed by atoms with Crippen molar-refractivity contribution >= 4 is 11.8 Å². The van der Waals surface area contributed by atoms with Gasteiger partial charge in [-0.15, -0.1) is 0 Å². The first-order chi connectivity index (χ1) is 6.22. The van der Waals surface area contributed by atoms with E-state index in [1.54, 1.807) is 6.07 Å². The predicted molar refractivity (Wildman–Crippen MR) is 46.7 cm³/mol. The Morgan fingerprint density at radius 2 is 2.54 bits per heavy atom. The van der Waals surface area contributed by atoms with Gasteiger partial charge in [-0.05, 0) is 23.9 Å². The van der Waals surface area contributed by atoms with Gasteiger partial charge in [-0.1, -0.05) is 0 Å². The fraction of sp³-hybridized carbons (Fsp3) is 0.143. The SMILES string of the molecule is N#Cc1ccnc(SC[N+](=O)[O-])c1. The molecule has 13 heavy (non-hydrogen) atoms. The number of nitrogens with zero attached hydrogens (tertiary/aromatic N) is 3. The normalized spacial score (nSPS) is 9.15. The molecule has 1 rings (SSSR count). The highest BCUT2D eigenvalue weighted by atomic mass is 32.2. The van der Waals surface area contributed by atoms with E-state index >= 15 is 0 Å². The van der Waals surface area contributed by atoms with Crippen LogP contribution in [0, 0.1) is 21.4 Å². The smallest absolute Gasteiger partial charge is 0.254 e. The Balaban J connectivity index is 2.68. The maximum atomic E-state index is 10.0. The van der Waals surface area contributed by atoms with Crippen LogP contribution in [0.2, 0.25) is 0 Å². The molecule has 0 fully saturated rings. The molecule has 1 aromatic heterocycles. The molecule has 1 aromatic rings. The Hall–Kier alpha value is -1.61. The van der Waals surface area contributed by atoms with Crippen molar-refractivity contribution in [1.29, 1.82) is 5.26 Å². The minimum absolute atomic E-state index is 0.234. The van der Waals surface area contributed by atoms with Gasteiger partial charge in [-0.25, -0.2) is 4.98 Å². The van der Waals surface area contributed by atoms with Crippen molar-refractivity contribution in [3.05, 3.63) is 34.0 Å². The first kappa shape index (κ1) is 9.48. The molecule has 0 aliphatic heterocycles. The van der Waals surface area contributed by atoms with Crippen LogP contribution in [0.4, 0.5) is 0 Å². The highest BCUT2D eigenvalue weighted by Gasteiger charge is 2.02. The molecule has 0 saturated heterocycles. The van der Waals surface area contributed by atoms with Gasteiger partial charge in [0.2, 0.25) is 0 Å². The lowest BCUT2D eigenvalue weighted by Crippen LogP contribution is -1.95. The fourth-order valence-corrected chi connectivity index (χ4v) is 1.26. The number of rotatable bonds is 3. The Kier molecular flexibility index (Phi) is 3.23. The highest BCUT2D eigenvalue weighted by Crippen LogP contribution is 2.15. The van der Waals surface area contributed by atoms with Crippen LogP contribution in [0.1, 0.15) is 5.56 Å². The third kappa shape index (κ3) is 3.09. The molecule has 0 radical (unpaired) electrons. The van der Waals surface area contributed by atoms with Gasteiger partial charge in [-0.3, -0.25) is 10.1 Å². The molecule has 0 N–H and O–H groups in total. The van der Waals surface area contributed by atoms with Gasteiger partial charge in [0, 0.05) is 11.1 Å². The average molecular weight is 195 g/mol. The second kappa shape index (κ2) is 4.42. The number of hydrogen-bond donors (Lipinski definition) is 0. The van der Waals surface area contributed by atoms with Crippen LogP contribution in [0.25, 0.3) is 0 Å². The van der Waals surface area contributed by atoms with Gasteiger partial charge < -0.3 is 0 Å². The molecule has 66 valence electrons. The zero-order valence-corrected chi connectivity index (χ0v) is 7.32. The van der Waals surface area contributed by atoms with Gasteiger partial charge in [0.05, 0.1) is 11.6 Å². The third-order valence-electron chi connectivity index (χ3n) is 1.18. The van der Waals surface area contributed by atoms with Crippen LogP contribution in [-0.2, 0) is 0 Å². The summed E-state index contributed by atoms with van der Waals surface area (Å²) in [5, 5.41) is 19.0. The number of thioether (sulfide) groups is 1. The number of aromatic nitrogens is 1.